The normalized spacial score (nSPS) is 23.2. The molecule has 2 aliphatic rings. The number of carbonyl (C=O) groups excluding carboxylic acids is 3. The molecule has 0 radical (unpaired) electrons. The Kier molecular flexibility index (Phi) is 12.0. The van der Waals surface area contributed by atoms with Crippen molar-refractivity contribution < 1.29 is 32.9 Å². The zero-order valence-corrected chi connectivity index (χ0v) is 22.7. The minimum atomic E-state index is -1.76. The number of terminal acetylenes is 1. The van der Waals surface area contributed by atoms with Crippen molar-refractivity contribution in [1.29, 1.82) is 0 Å². The molecule has 1 saturated carbocycles. The van der Waals surface area contributed by atoms with E-state index < -0.39 is 38.8 Å². The highest BCUT2D eigenvalue weighted by molar-refractivity contribution is 7.45. The molecule has 11 heteroatoms. The van der Waals surface area contributed by atoms with Crippen molar-refractivity contribution in [3.05, 3.63) is 42.6 Å². The number of hydrogen-bond donors (Lipinski definition) is 2. The van der Waals surface area contributed by atoms with E-state index in [1.54, 1.807) is 19.1 Å². The van der Waals surface area contributed by atoms with Crippen LogP contribution in [0.25, 0.3) is 0 Å². The molecule has 2 fully saturated rings. The molecule has 38 heavy (non-hydrogen) atoms. The van der Waals surface area contributed by atoms with Crippen molar-refractivity contribution in [2.45, 2.75) is 69.9 Å². The van der Waals surface area contributed by atoms with Crippen molar-refractivity contribution in [3.63, 3.8) is 0 Å². The van der Waals surface area contributed by atoms with Crippen LogP contribution in [0.4, 0.5) is 4.79 Å². The van der Waals surface area contributed by atoms with Crippen LogP contribution in [0, 0.1) is 18.3 Å². The van der Waals surface area contributed by atoms with Crippen molar-refractivity contribution >= 4 is 26.8 Å². The Balaban J connectivity index is 1.63. The first-order valence-corrected chi connectivity index (χ1v) is 14.0. The number of hydrogen-bond acceptors (Lipinski definition) is 8. The highest BCUT2D eigenvalue weighted by Gasteiger charge is 2.40. The molecule has 1 saturated heterocycles. The summed E-state index contributed by atoms with van der Waals surface area (Å²) in [6, 6.07) is 8.02. The van der Waals surface area contributed by atoms with Gasteiger partial charge in [0.15, 0.2) is 6.23 Å². The maximum atomic E-state index is 12.7. The van der Waals surface area contributed by atoms with Crippen LogP contribution in [-0.4, -0.2) is 61.3 Å². The largest absolute Gasteiger partial charge is 0.461 e. The number of para-hydroxylation sites is 1. The van der Waals surface area contributed by atoms with Gasteiger partial charge in [0.25, 0.3) is 0 Å². The summed E-state index contributed by atoms with van der Waals surface area (Å²) in [6.07, 6.45) is 13.0. The van der Waals surface area contributed by atoms with Crippen molar-refractivity contribution in [1.82, 2.24) is 15.3 Å². The lowest BCUT2D eigenvalue weighted by Gasteiger charge is -2.27. The minimum Gasteiger partial charge on any atom is -0.461 e. The van der Waals surface area contributed by atoms with Gasteiger partial charge in [-0.1, -0.05) is 30.5 Å². The molecule has 0 aromatic heterocycles. The van der Waals surface area contributed by atoms with Crippen molar-refractivity contribution in [2.75, 3.05) is 13.7 Å². The van der Waals surface area contributed by atoms with Crippen LogP contribution in [0.3, 0.4) is 0 Å². The lowest BCUT2D eigenvalue weighted by molar-refractivity contribution is -0.152. The van der Waals surface area contributed by atoms with Crippen LogP contribution in [0.2, 0.25) is 0 Å². The summed E-state index contributed by atoms with van der Waals surface area (Å²) in [5.41, 5.74) is 0. The Morgan fingerprint density at radius 2 is 2.00 bits per heavy atom. The highest BCUT2D eigenvalue weighted by atomic mass is 31.2. The number of benzene rings is 1. The maximum Gasteiger partial charge on any atom is 0.323 e. The van der Waals surface area contributed by atoms with Gasteiger partial charge in [-0.3, -0.25) is 14.5 Å². The minimum absolute atomic E-state index is 0.0521. The molecular formula is C27H36N3O7P. The average Bonchev–Trinajstić information content (AvgIpc) is 3.35. The molecule has 1 aliphatic carbocycles. The number of aldehydes is 1. The molecule has 1 aromatic rings. The fourth-order valence-corrected chi connectivity index (χ4v) is 5.48. The monoisotopic (exact) mass is 545 g/mol. The molecule has 0 bridgehead atoms. The molecule has 2 amide bonds. The van der Waals surface area contributed by atoms with E-state index in [4.69, 9.17) is 24.9 Å². The average molecular weight is 546 g/mol. The van der Waals surface area contributed by atoms with Crippen LogP contribution >= 0.6 is 8.53 Å². The number of amides is 2. The molecular weight excluding hydrogens is 509 g/mol. The lowest BCUT2D eigenvalue weighted by Crippen LogP contribution is -2.44. The first kappa shape index (κ1) is 29.6. The summed E-state index contributed by atoms with van der Waals surface area (Å²) in [5.74, 6) is 2.47. The number of esters is 1. The second kappa shape index (κ2) is 15.5. The topological polar surface area (TPSA) is 115 Å². The Labute approximate surface area is 225 Å². The van der Waals surface area contributed by atoms with E-state index in [1.807, 2.05) is 18.2 Å². The summed E-state index contributed by atoms with van der Waals surface area (Å²) in [5, 5.41) is 5.64. The van der Waals surface area contributed by atoms with E-state index in [9.17, 15) is 14.4 Å². The van der Waals surface area contributed by atoms with E-state index in [0.717, 1.165) is 25.7 Å². The van der Waals surface area contributed by atoms with Gasteiger partial charge in [-0.15, -0.1) is 6.42 Å². The van der Waals surface area contributed by atoms with Crippen LogP contribution in [-0.2, 0) is 23.6 Å². The Morgan fingerprint density at radius 1 is 1.26 bits per heavy atom. The van der Waals surface area contributed by atoms with E-state index in [-0.39, 0.29) is 18.7 Å². The number of carbonyl (C=O) groups is 3. The zero-order chi connectivity index (χ0) is 27.3. The van der Waals surface area contributed by atoms with E-state index in [2.05, 4.69) is 16.3 Å². The summed E-state index contributed by atoms with van der Waals surface area (Å²) in [7, 11) is -0.280. The fourth-order valence-electron chi connectivity index (χ4n) is 4.27. The summed E-state index contributed by atoms with van der Waals surface area (Å²) in [6.45, 7) is 1.82. The SMILES string of the molecule is C#CC1CC(COP(NC(C)C(=O)OC2CCCCC2)Oc2ccccc2)OC1N(/C=C\C=O)C(=O)NC. The smallest absolute Gasteiger partial charge is 0.323 e. The number of rotatable bonds is 12. The third-order valence-corrected chi connectivity index (χ3v) is 7.61. The van der Waals surface area contributed by atoms with Gasteiger partial charge in [-0.25, -0.2) is 9.88 Å². The number of allylic oxidation sites excluding steroid dienone is 1. The molecule has 3 rings (SSSR count). The first-order valence-electron chi connectivity index (χ1n) is 12.8. The van der Waals surface area contributed by atoms with Gasteiger partial charge in [-0.05, 0) is 57.2 Å². The second-order valence-corrected chi connectivity index (χ2v) is 10.3. The van der Waals surface area contributed by atoms with Gasteiger partial charge in [0.1, 0.15) is 24.2 Å². The lowest BCUT2D eigenvalue weighted by atomic mass is 9.98. The zero-order valence-electron chi connectivity index (χ0n) is 21.8. The first-order chi connectivity index (χ1) is 18.4. The molecule has 1 aromatic carbocycles. The molecule has 1 heterocycles. The van der Waals surface area contributed by atoms with E-state index in [1.165, 1.54) is 30.6 Å². The van der Waals surface area contributed by atoms with Gasteiger partial charge < -0.3 is 23.8 Å². The summed E-state index contributed by atoms with van der Waals surface area (Å²) < 4.78 is 23.9. The maximum absolute atomic E-state index is 12.7. The molecule has 206 valence electrons. The number of urea groups is 1. The predicted molar refractivity (Wildman–Crippen MR) is 143 cm³/mol. The van der Waals surface area contributed by atoms with Gasteiger partial charge in [0.05, 0.1) is 18.6 Å². The molecule has 10 nitrogen and oxygen atoms in total. The summed E-state index contributed by atoms with van der Waals surface area (Å²) in [4.78, 5) is 37.2. The second-order valence-electron chi connectivity index (χ2n) is 9.10. The van der Waals surface area contributed by atoms with E-state index >= 15 is 0 Å². The Morgan fingerprint density at radius 3 is 2.66 bits per heavy atom. The van der Waals surface area contributed by atoms with Crippen LogP contribution in [0.15, 0.2) is 42.6 Å². The quantitative estimate of drug-likeness (QED) is 0.134. The van der Waals surface area contributed by atoms with Gasteiger partial charge >= 0.3 is 20.5 Å². The molecule has 5 atom stereocenters. The van der Waals surface area contributed by atoms with Crippen LogP contribution in [0.1, 0.15) is 45.4 Å². The number of ether oxygens (including phenoxy) is 2. The number of nitrogens with zero attached hydrogens (tertiary/aromatic N) is 1. The molecule has 0 spiro atoms. The van der Waals surface area contributed by atoms with Crippen molar-refractivity contribution in [3.8, 4) is 18.1 Å². The third kappa shape index (κ3) is 8.81. The van der Waals surface area contributed by atoms with Gasteiger partial charge in [-0.2, -0.15) is 0 Å². The molecule has 5 unspecified atom stereocenters. The van der Waals surface area contributed by atoms with E-state index in [0.29, 0.717) is 18.5 Å². The predicted octanol–water partition coefficient (Wildman–Crippen LogP) is 3.88. The third-order valence-electron chi connectivity index (χ3n) is 6.25. The standard InChI is InChI=1S/C27H36N3O7P/c1-4-21-18-24(35-25(21)30(16-11-17-31)27(33)28-3)19-34-38(37-23-14-9-6-10-15-23)29-20(2)26(32)36-22-12-7-5-8-13-22/h1,6,9-11,14-17,20-22,24-25,29H,5,7-8,12-13,18-19H2,2-3H3,(H,28,33)/b16-11-. The van der Waals surface area contributed by atoms with Crippen molar-refractivity contribution in [2.24, 2.45) is 5.92 Å². The van der Waals surface area contributed by atoms with Crippen LogP contribution in [0.5, 0.6) is 5.75 Å². The van der Waals surface area contributed by atoms with Gasteiger partial charge in [0, 0.05) is 13.2 Å². The fraction of sp³-hybridized carbons (Fsp3) is 0.519. The highest BCUT2D eigenvalue weighted by Crippen LogP contribution is 2.38. The Hall–Kier alpha value is -2.96. The molecule has 1 aliphatic heterocycles. The van der Waals surface area contributed by atoms with Crippen LogP contribution < -0.4 is 14.9 Å². The summed E-state index contributed by atoms with van der Waals surface area (Å²) >= 11 is 0. The van der Waals surface area contributed by atoms with Gasteiger partial charge in [0.2, 0.25) is 0 Å². The molecule has 2 N–H and O–H groups in total. The Bertz CT molecular complexity index is 981. The number of nitrogens with one attached hydrogen (secondary N) is 2.